The van der Waals surface area contributed by atoms with Crippen LogP contribution in [0.2, 0.25) is 0 Å². The van der Waals surface area contributed by atoms with Gasteiger partial charge in [0.1, 0.15) is 0 Å². The first kappa shape index (κ1) is 17.4. The fourth-order valence-corrected chi connectivity index (χ4v) is 3.01. The summed E-state index contributed by atoms with van der Waals surface area (Å²) in [4.78, 5) is 9.85. The molecule has 2 N–H and O–H groups in total. The zero-order valence-corrected chi connectivity index (χ0v) is 14.7. The molecular weight excluding hydrogens is 308 g/mol. The molecule has 1 atom stereocenters. The Morgan fingerprint density at radius 1 is 1.30 bits per heavy atom. The average Bonchev–Trinajstić information content (AvgIpc) is 3.00. The van der Waals surface area contributed by atoms with E-state index in [4.69, 9.17) is 4.74 Å². The zero-order chi connectivity index (χ0) is 16.5. The lowest BCUT2D eigenvalue weighted by Gasteiger charge is -2.18. The van der Waals surface area contributed by atoms with Gasteiger partial charge in [-0.3, -0.25) is 4.99 Å². The van der Waals surface area contributed by atoms with E-state index in [1.165, 1.54) is 4.88 Å². The normalized spacial score (nSPS) is 12.9. The van der Waals surface area contributed by atoms with E-state index in [1.54, 1.807) is 25.5 Å². The summed E-state index contributed by atoms with van der Waals surface area (Å²) in [6.45, 7) is 3.54. The molecule has 0 fully saturated rings. The van der Waals surface area contributed by atoms with Crippen LogP contribution in [0.4, 0.5) is 0 Å². The van der Waals surface area contributed by atoms with Gasteiger partial charge in [-0.15, -0.1) is 11.3 Å². The molecule has 2 aromatic rings. The predicted octanol–water partition coefficient (Wildman–Crippen LogP) is 2.55. The van der Waals surface area contributed by atoms with Gasteiger partial charge in [0.2, 0.25) is 0 Å². The number of thiazole rings is 1. The summed E-state index contributed by atoms with van der Waals surface area (Å²) >= 11 is 1.73. The number of aryl methyl sites for hydroxylation is 1. The first-order valence-corrected chi connectivity index (χ1v) is 8.48. The minimum Gasteiger partial charge on any atom is -0.375 e. The minimum atomic E-state index is -0.00337. The number of guanidine groups is 1. The molecule has 6 heteroatoms. The van der Waals surface area contributed by atoms with Gasteiger partial charge in [-0.25, -0.2) is 4.98 Å². The Balaban J connectivity index is 1.78. The molecule has 0 aliphatic heterocycles. The second-order valence-electron chi connectivity index (χ2n) is 5.13. The first-order valence-electron chi connectivity index (χ1n) is 7.66. The zero-order valence-electron chi connectivity index (χ0n) is 13.9. The maximum Gasteiger partial charge on any atom is 0.191 e. The van der Waals surface area contributed by atoms with Crippen LogP contribution in [0.15, 0.2) is 41.5 Å². The molecular formula is C17H24N4OS. The van der Waals surface area contributed by atoms with Crippen molar-refractivity contribution in [2.45, 2.75) is 19.4 Å². The van der Waals surface area contributed by atoms with E-state index in [0.29, 0.717) is 6.54 Å². The summed E-state index contributed by atoms with van der Waals surface area (Å²) in [5.41, 5.74) is 1.15. The second-order valence-corrected chi connectivity index (χ2v) is 6.45. The molecule has 1 unspecified atom stereocenters. The quantitative estimate of drug-likeness (QED) is 0.604. The third kappa shape index (κ3) is 5.65. The third-order valence-corrected chi connectivity index (χ3v) is 4.41. The lowest BCUT2D eigenvalue weighted by Crippen LogP contribution is -2.40. The van der Waals surface area contributed by atoms with Crippen LogP contribution in [0.1, 0.15) is 21.6 Å². The van der Waals surface area contributed by atoms with Crippen LogP contribution in [0.5, 0.6) is 0 Å². The molecule has 1 aromatic heterocycles. The molecule has 0 bridgehead atoms. The van der Waals surface area contributed by atoms with Gasteiger partial charge in [-0.05, 0) is 12.5 Å². The molecule has 0 aliphatic carbocycles. The summed E-state index contributed by atoms with van der Waals surface area (Å²) in [5, 5.41) is 7.76. The molecule has 1 aromatic carbocycles. The molecule has 1 heterocycles. The summed E-state index contributed by atoms with van der Waals surface area (Å²) in [7, 11) is 3.49. The maximum absolute atomic E-state index is 5.55. The molecule has 0 saturated heterocycles. The number of hydrogen-bond donors (Lipinski definition) is 2. The average molecular weight is 332 g/mol. The van der Waals surface area contributed by atoms with Crippen molar-refractivity contribution in [2.24, 2.45) is 4.99 Å². The van der Waals surface area contributed by atoms with E-state index in [9.17, 15) is 0 Å². The largest absolute Gasteiger partial charge is 0.375 e. The van der Waals surface area contributed by atoms with Crippen LogP contribution in [0.3, 0.4) is 0 Å². The first-order chi connectivity index (χ1) is 11.2. The van der Waals surface area contributed by atoms with Gasteiger partial charge in [-0.1, -0.05) is 30.3 Å². The number of nitrogens with one attached hydrogen (secondary N) is 2. The van der Waals surface area contributed by atoms with Gasteiger partial charge in [0.15, 0.2) is 5.96 Å². The van der Waals surface area contributed by atoms with Gasteiger partial charge in [0.05, 0.1) is 11.1 Å². The number of aromatic nitrogens is 1. The van der Waals surface area contributed by atoms with E-state index >= 15 is 0 Å². The highest BCUT2D eigenvalue weighted by Gasteiger charge is 2.10. The molecule has 5 nitrogen and oxygen atoms in total. The van der Waals surface area contributed by atoms with Crippen molar-refractivity contribution in [3.8, 4) is 0 Å². The van der Waals surface area contributed by atoms with E-state index in [1.807, 2.05) is 24.4 Å². The Hall–Kier alpha value is -1.92. The van der Waals surface area contributed by atoms with Crippen molar-refractivity contribution >= 4 is 17.3 Å². The number of methoxy groups -OCH3 is 1. The Labute approximate surface area is 141 Å². The van der Waals surface area contributed by atoms with E-state index < -0.39 is 0 Å². The molecule has 0 radical (unpaired) electrons. The number of aliphatic imine (C=N–C) groups is 1. The van der Waals surface area contributed by atoms with Crippen LogP contribution in [0.25, 0.3) is 0 Å². The SMILES string of the molecule is CN=C(NCCc1ncc(C)s1)NCC(OC)c1ccccc1. The number of hydrogen-bond acceptors (Lipinski definition) is 4. The molecule has 0 amide bonds. The molecule has 0 saturated carbocycles. The number of benzene rings is 1. The van der Waals surface area contributed by atoms with Crippen LogP contribution in [0, 0.1) is 6.92 Å². The Bertz CT molecular complexity index is 612. The second kappa shape index (κ2) is 9.27. The fraction of sp³-hybridized carbons (Fsp3) is 0.412. The van der Waals surface area contributed by atoms with Gasteiger partial charge in [-0.2, -0.15) is 0 Å². The highest BCUT2D eigenvalue weighted by molar-refractivity contribution is 7.11. The van der Waals surface area contributed by atoms with Crippen LogP contribution < -0.4 is 10.6 Å². The monoisotopic (exact) mass is 332 g/mol. The molecule has 124 valence electrons. The lowest BCUT2D eigenvalue weighted by molar-refractivity contribution is 0.106. The fourth-order valence-electron chi connectivity index (χ4n) is 2.22. The Morgan fingerprint density at radius 2 is 2.09 bits per heavy atom. The number of ether oxygens (including phenoxy) is 1. The van der Waals surface area contributed by atoms with Gasteiger partial charge >= 0.3 is 0 Å². The van der Waals surface area contributed by atoms with Crippen LogP contribution >= 0.6 is 11.3 Å². The minimum absolute atomic E-state index is 0.00337. The lowest BCUT2D eigenvalue weighted by atomic mass is 10.1. The summed E-state index contributed by atoms with van der Waals surface area (Å²) < 4.78 is 5.55. The van der Waals surface area contributed by atoms with Crippen molar-refractivity contribution in [3.63, 3.8) is 0 Å². The Kier molecular flexibility index (Phi) is 7.03. The molecule has 23 heavy (non-hydrogen) atoms. The number of nitrogens with zero attached hydrogens (tertiary/aromatic N) is 2. The number of rotatable bonds is 7. The topological polar surface area (TPSA) is 58.5 Å². The van der Waals surface area contributed by atoms with Crippen molar-refractivity contribution in [1.29, 1.82) is 0 Å². The highest BCUT2D eigenvalue weighted by atomic mass is 32.1. The van der Waals surface area contributed by atoms with Crippen LogP contribution in [-0.4, -0.2) is 38.2 Å². The highest BCUT2D eigenvalue weighted by Crippen LogP contribution is 2.14. The van der Waals surface area contributed by atoms with Crippen LogP contribution in [-0.2, 0) is 11.2 Å². The van der Waals surface area contributed by atoms with Gasteiger partial charge in [0.25, 0.3) is 0 Å². The summed E-state index contributed by atoms with van der Waals surface area (Å²) in [6, 6.07) is 10.2. The third-order valence-electron chi connectivity index (χ3n) is 3.43. The molecule has 0 spiro atoms. The summed E-state index contributed by atoms with van der Waals surface area (Å²) in [6.07, 6.45) is 2.80. The molecule has 2 rings (SSSR count). The summed E-state index contributed by atoms with van der Waals surface area (Å²) in [5.74, 6) is 0.774. The standard InChI is InChI=1S/C17H24N4OS/c1-13-11-20-16(23-13)9-10-19-17(18-2)21-12-15(22-3)14-7-5-4-6-8-14/h4-8,11,15H,9-10,12H2,1-3H3,(H2,18,19,21). The van der Waals surface area contributed by atoms with Gasteiger partial charge < -0.3 is 15.4 Å². The maximum atomic E-state index is 5.55. The van der Waals surface area contributed by atoms with E-state index in [0.717, 1.165) is 29.5 Å². The van der Waals surface area contributed by atoms with Crippen molar-refractivity contribution in [3.05, 3.63) is 52.0 Å². The predicted molar refractivity (Wildman–Crippen MR) is 96.1 cm³/mol. The van der Waals surface area contributed by atoms with E-state index in [2.05, 4.69) is 39.7 Å². The van der Waals surface area contributed by atoms with Gasteiger partial charge in [0, 0.05) is 44.7 Å². The smallest absolute Gasteiger partial charge is 0.191 e. The Morgan fingerprint density at radius 3 is 2.70 bits per heavy atom. The van der Waals surface area contributed by atoms with Crippen molar-refractivity contribution < 1.29 is 4.74 Å². The van der Waals surface area contributed by atoms with E-state index in [-0.39, 0.29) is 6.10 Å². The van der Waals surface area contributed by atoms with Crippen molar-refractivity contribution in [1.82, 2.24) is 15.6 Å². The molecule has 0 aliphatic rings. The van der Waals surface area contributed by atoms with Crippen molar-refractivity contribution in [2.75, 3.05) is 27.2 Å².